The van der Waals surface area contributed by atoms with Gasteiger partial charge in [-0.05, 0) is 80.0 Å². The predicted molar refractivity (Wildman–Crippen MR) is 154 cm³/mol. The van der Waals surface area contributed by atoms with Crippen LogP contribution in [0.25, 0.3) is 0 Å². The number of hydrogen-bond donors (Lipinski definition) is 3. The van der Waals surface area contributed by atoms with E-state index in [-0.39, 0.29) is 11.9 Å². The van der Waals surface area contributed by atoms with Crippen molar-refractivity contribution >= 4 is 29.0 Å². The van der Waals surface area contributed by atoms with E-state index in [1.807, 2.05) is 44.2 Å². The Balaban J connectivity index is 1.46. The number of anilines is 3. The summed E-state index contributed by atoms with van der Waals surface area (Å²) in [4.78, 5) is 28.2. The predicted octanol–water partition coefficient (Wildman–Crippen LogP) is 5.78. The van der Waals surface area contributed by atoms with E-state index >= 15 is 0 Å². The number of methoxy groups -OCH3 is 1. The molecule has 1 aliphatic heterocycles. The summed E-state index contributed by atoms with van der Waals surface area (Å²) < 4.78 is 5.10. The van der Waals surface area contributed by atoms with Crippen molar-refractivity contribution in [2.24, 2.45) is 5.92 Å². The Morgan fingerprint density at radius 3 is 2.45 bits per heavy atom. The monoisotopic (exact) mass is 514 g/mol. The van der Waals surface area contributed by atoms with Crippen LogP contribution in [0.3, 0.4) is 0 Å². The minimum Gasteiger partial charge on any atom is -0.383 e. The second-order valence-electron chi connectivity index (χ2n) is 9.93. The normalized spacial score (nSPS) is 13.7. The highest BCUT2D eigenvalue weighted by atomic mass is 16.5. The maximum atomic E-state index is 13.2. The number of piperidine rings is 1. The summed E-state index contributed by atoms with van der Waals surface area (Å²) in [6.45, 7) is 6.60. The summed E-state index contributed by atoms with van der Waals surface area (Å²) in [5, 5.41) is 8.74. The van der Waals surface area contributed by atoms with Crippen LogP contribution in [0.4, 0.5) is 21.9 Å². The molecule has 38 heavy (non-hydrogen) atoms. The lowest BCUT2D eigenvalue weighted by atomic mass is 9.89. The highest BCUT2D eigenvalue weighted by Crippen LogP contribution is 2.30. The standard InChI is InChI=1S/C31H38N4O3/c1-22-8-7-11-28(23(22)2)34-31(37)33-26-12-13-29(27(21-26)30(36)32-16-19-38-3)35-17-14-25(15-18-35)20-24-9-5-4-6-10-24/h4-13,21,25H,14-20H2,1-3H3,(H,32,36)(H2,33,34,37). The van der Waals surface area contributed by atoms with Gasteiger partial charge in [0, 0.05) is 43.8 Å². The lowest BCUT2D eigenvalue weighted by molar-refractivity contribution is 0.0937. The Morgan fingerprint density at radius 2 is 1.71 bits per heavy atom. The van der Waals surface area contributed by atoms with Gasteiger partial charge in [-0.25, -0.2) is 4.79 Å². The van der Waals surface area contributed by atoms with Crippen LogP contribution in [0.5, 0.6) is 0 Å². The number of rotatable bonds is 9. The van der Waals surface area contributed by atoms with E-state index in [0.717, 1.165) is 54.9 Å². The number of benzene rings is 3. The van der Waals surface area contributed by atoms with Crippen molar-refractivity contribution < 1.29 is 14.3 Å². The zero-order valence-corrected chi connectivity index (χ0v) is 22.5. The molecule has 1 aliphatic rings. The van der Waals surface area contributed by atoms with Crippen LogP contribution in [-0.2, 0) is 11.2 Å². The van der Waals surface area contributed by atoms with Crippen LogP contribution in [0.15, 0.2) is 66.7 Å². The lowest BCUT2D eigenvalue weighted by Gasteiger charge is -2.35. The SMILES string of the molecule is COCCNC(=O)c1cc(NC(=O)Nc2cccc(C)c2C)ccc1N1CCC(Cc2ccccc2)CC1. The molecule has 200 valence electrons. The van der Waals surface area contributed by atoms with E-state index in [4.69, 9.17) is 4.74 Å². The van der Waals surface area contributed by atoms with E-state index in [1.54, 1.807) is 13.2 Å². The molecule has 3 aromatic carbocycles. The van der Waals surface area contributed by atoms with Gasteiger partial charge in [-0.15, -0.1) is 0 Å². The molecular formula is C31H38N4O3. The summed E-state index contributed by atoms with van der Waals surface area (Å²) in [5.41, 5.74) is 6.26. The first-order valence-corrected chi connectivity index (χ1v) is 13.3. The molecule has 0 spiro atoms. The maximum absolute atomic E-state index is 13.2. The van der Waals surface area contributed by atoms with Gasteiger partial charge in [0.05, 0.1) is 12.2 Å². The van der Waals surface area contributed by atoms with Crippen LogP contribution in [0.2, 0.25) is 0 Å². The molecule has 0 bridgehead atoms. The second-order valence-corrected chi connectivity index (χ2v) is 9.93. The summed E-state index contributed by atoms with van der Waals surface area (Å²) in [6.07, 6.45) is 3.22. The first-order valence-electron chi connectivity index (χ1n) is 13.3. The van der Waals surface area contributed by atoms with Crippen molar-refractivity contribution in [3.63, 3.8) is 0 Å². The van der Waals surface area contributed by atoms with Crippen molar-refractivity contribution in [3.8, 4) is 0 Å². The summed E-state index contributed by atoms with van der Waals surface area (Å²) in [7, 11) is 1.61. The first-order chi connectivity index (χ1) is 18.4. The number of amides is 3. The number of aryl methyl sites for hydroxylation is 1. The van der Waals surface area contributed by atoms with Crippen molar-refractivity contribution in [1.29, 1.82) is 0 Å². The van der Waals surface area contributed by atoms with Gasteiger partial charge < -0.3 is 25.6 Å². The lowest BCUT2D eigenvalue weighted by Crippen LogP contribution is -2.36. The summed E-state index contributed by atoms with van der Waals surface area (Å²) >= 11 is 0. The fraction of sp³-hybridized carbons (Fsp3) is 0.355. The number of carbonyl (C=O) groups is 2. The summed E-state index contributed by atoms with van der Waals surface area (Å²) in [6, 6.07) is 21.6. The molecule has 3 aromatic rings. The molecule has 0 unspecified atom stereocenters. The smallest absolute Gasteiger partial charge is 0.323 e. The fourth-order valence-electron chi connectivity index (χ4n) is 4.93. The average Bonchev–Trinajstić information content (AvgIpc) is 2.92. The molecule has 0 aliphatic carbocycles. The van der Waals surface area contributed by atoms with Crippen LogP contribution in [-0.4, -0.2) is 45.3 Å². The molecule has 0 saturated carbocycles. The van der Waals surface area contributed by atoms with Gasteiger partial charge in [0.1, 0.15) is 0 Å². The van der Waals surface area contributed by atoms with Gasteiger partial charge in [0.15, 0.2) is 0 Å². The topological polar surface area (TPSA) is 82.7 Å². The molecule has 0 atom stereocenters. The van der Waals surface area contributed by atoms with Gasteiger partial charge in [-0.1, -0.05) is 42.5 Å². The third-order valence-corrected chi connectivity index (χ3v) is 7.27. The highest BCUT2D eigenvalue weighted by molar-refractivity contribution is 6.04. The molecule has 7 heteroatoms. The summed E-state index contributed by atoms with van der Waals surface area (Å²) in [5.74, 6) is 0.449. The molecule has 0 aromatic heterocycles. The minimum atomic E-state index is -0.348. The zero-order chi connectivity index (χ0) is 26.9. The van der Waals surface area contributed by atoms with E-state index in [9.17, 15) is 9.59 Å². The van der Waals surface area contributed by atoms with Crippen molar-refractivity contribution in [2.75, 3.05) is 48.9 Å². The van der Waals surface area contributed by atoms with Gasteiger partial charge >= 0.3 is 6.03 Å². The number of carbonyl (C=O) groups excluding carboxylic acids is 2. The van der Waals surface area contributed by atoms with Crippen LogP contribution in [0.1, 0.15) is 39.9 Å². The average molecular weight is 515 g/mol. The largest absolute Gasteiger partial charge is 0.383 e. The molecule has 1 heterocycles. The third kappa shape index (κ3) is 7.13. The Bertz CT molecular complexity index is 1240. The third-order valence-electron chi connectivity index (χ3n) is 7.27. The van der Waals surface area contributed by atoms with Gasteiger partial charge in [0.25, 0.3) is 5.91 Å². The zero-order valence-electron chi connectivity index (χ0n) is 22.5. The quantitative estimate of drug-likeness (QED) is 0.316. The molecule has 7 nitrogen and oxygen atoms in total. The Kier molecular flexibility index (Phi) is 9.38. The molecule has 4 rings (SSSR count). The van der Waals surface area contributed by atoms with Crippen LogP contribution < -0.4 is 20.9 Å². The Labute approximate surface area is 225 Å². The Morgan fingerprint density at radius 1 is 0.947 bits per heavy atom. The Hall–Kier alpha value is -3.84. The minimum absolute atomic E-state index is 0.179. The van der Waals surface area contributed by atoms with Crippen LogP contribution in [0, 0.1) is 19.8 Å². The van der Waals surface area contributed by atoms with E-state index in [1.165, 1.54) is 5.56 Å². The highest BCUT2D eigenvalue weighted by Gasteiger charge is 2.24. The second kappa shape index (κ2) is 13.1. The number of hydrogen-bond acceptors (Lipinski definition) is 4. The van der Waals surface area contributed by atoms with Crippen LogP contribution >= 0.6 is 0 Å². The fourth-order valence-corrected chi connectivity index (χ4v) is 4.93. The number of urea groups is 1. The maximum Gasteiger partial charge on any atom is 0.323 e. The van der Waals surface area contributed by atoms with E-state index < -0.39 is 0 Å². The van der Waals surface area contributed by atoms with Crippen molar-refractivity contribution in [1.82, 2.24) is 5.32 Å². The van der Waals surface area contributed by atoms with Gasteiger partial charge in [-0.2, -0.15) is 0 Å². The molecule has 1 fully saturated rings. The van der Waals surface area contributed by atoms with Gasteiger partial charge in [0.2, 0.25) is 0 Å². The van der Waals surface area contributed by atoms with Crippen molar-refractivity contribution in [3.05, 3.63) is 89.0 Å². The first kappa shape index (κ1) is 27.2. The molecule has 1 saturated heterocycles. The molecule has 3 N–H and O–H groups in total. The van der Waals surface area contributed by atoms with E-state index in [2.05, 4.69) is 51.2 Å². The van der Waals surface area contributed by atoms with Crippen molar-refractivity contribution in [2.45, 2.75) is 33.1 Å². The number of nitrogens with one attached hydrogen (secondary N) is 3. The molecule has 0 radical (unpaired) electrons. The number of nitrogens with zero attached hydrogens (tertiary/aromatic N) is 1. The number of ether oxygens (including phenoxy) is 1. The molecular weight excluding hydrogens is 476 g/mol. The molecule has 3 amide bonds. The van der Waals surface area contributed by atoms with Gasteiger partial charge in [-0.3, -0.25) is 4.79 Å². The van der Waals surface area contributed by atoms with E-state index in [0.29, 0.717) is 30.3 Å².